The van der Waals surface area contributed by atoms with Crippen LogP contribution >= 0.6 is 0 Å². The van der Waals surface area contributed by atoms with Gasteiger partial charge in [-0.1, -0.05) is 12.1 Å². The lowest BCUT2D eigenvalue weighted by Crippen LogP contribution is -2.20. The van der Waals surface area contributed by atoms with Gasteiger partial charge < -0.3 is 20.4 Å². The third-order valence-electron chi connectivity index (χ3n) is 5.16. The zero-order valence-corrected chi connectivity index (χ0v) is 16.8. The van der Waals surface area contributed by atoms with Gasteiger partial charge in [-0.15, -0.1) is 0 Å². The van der Waals surface area contributed by atoms with E-state index in [9.17, 15) is 9.18 Å². The second-order valence-corrected chi connectivity index (χ2v) is 7.65. The molecule has 1 saturated carbocycles. The standard InChI is InChI=1S/C22H21FN6O2/c1-12(25-14-6-7-14)13-2-4-15(5-3-13)27-21-24-11-17(23)20(29-21)26-16-8-9-19-18(10-16)28-22(30)31-19/h2-5,8-12,14,25H,6-7H2,1H3,(H,28,30)(H2,24,26,27,29). The first-order chi connectivity index (χ1) is 15.0. The fraction of sp³-hybridized carbons (Fsp3) is 0.227. The van der Waals surface area contributed by atoms with Gasteiger partial charge in [-0.05, 0) is 55.7 Å². The maximum absolute atomic E-state index is 14.3. The largest absolute Gasteiger partial charge is 0.417 e. The van der Waals surface area contributed by atoms with Crippen molar-refractivity contribution in [3.63, 3.8) is 0 Å². The highest BCUT2D eigenvalue weighted by atomic mass is 19.1. The molecule has 2 aromatic carbocycles. The summed E-state index contributed by atoms with van der Waals surface area (Å²) < 4.78 is 19.2. The molecule has 8 nitrogen and oxygen atoms in total. The van der Waals surface area contributed by atoms with Crippen molar-refractivity contribution in [2.24, 2.45) is 0 Å². The first kappa shape index (κ1) is 19.3. The Morgan fingerprint density at radius 1 is 1.13 bits per heavy atom. The average molecular weight is 420 g/mol. The number of nitrogens with zero attached hydrogens (tertiary/aromatic N) is 2. The summed E-state index contributed by atoms with van der Waals surface area (Å²) in [5.41, 5.74) is 3.49. The monoisotopic (exact) mass is 420 g/mol. The zero-order chi connectivity index (χ0) is 21.4. The third kappa shape index (κ3) is 4.41. The fourth-order valence-corrected chi connectivity index (χ4v) is 3.37. The van der Waals surface area contributed by atoms with Crippen molar-refractivity contribution in [2.45, 2.75) is 31.8 Å². The van der Waals surface area contributed by atoms with Crippen LogP contribution in [0.1, 0.15) is 31.4 Å². The van der Waals surface area contributed by atoms with Crippen LogP contribution in [0.15, 0.2) is 57.9 Å². The van der Waals surface area contributed by atoms with E-state index in [4.69, 9.17) is 4.42 Å². The van der Waals surface area contributed by atoms with E-state index in [2.05, 4.69) is 37.8 Å². The van der Waals surface area contributed by atoms with E-state index in [0.29, 0.717) is 28.9 Å². The third-order valence-corrected chi connectivity index (χ3v) is 5.16. The van der Waals surface area contributed by atoms with Crippen molar-refractivity contribution in [2.75, 3.05) is 10.6 Å². The molecule has 1 unspecified atom stereocenters. The van der Waals surface area contributed by atoms with Crippen LogP contribution in [0.2, 0.25) is 0 Å². The quantitative estimate of drug-likeness (QED) is 0.352. The van der Waals surface area contributed by atoms with Gasteiger partial charge in [0.25, 0.3) is 0 Å². The summed E-state index contributed by atoms with van der Waals surface area (Å²) in [7, 11) is 0. The molecule has 158 valence electrons. The zero-order valence-electron chi connectivity index (χ0n) is 16.8. The molecular weight excluding hydrogens is 399 g/mol. The number of oxazole rings is 1. The molecule has 5 rings (SSSR count). The summed E-state index contributed by atoms with van der Waals surface area (Å²) in [5.74, 6) is -0.864. The number of halogens is 1. The Morgan fingerprint density at radius 2 is 1.90 bits per heavy atom. The normalized spacial score (nSPS) is 14.5. The number of H-pyrrole nitrogens is 1. The summed E-state index contributed by atoms with van der Waals surface area (Å²) in [6, 6.07) is 13.9. The summed E-state index contributed by atoms with van der Waals surface area (Å²) in [6.07, 6.45) is 3.60. The molecule has 1 aliphatic carbocycles. The molecule has 1 fully saturated rings. The Labute approximate surface area is 176 Å². The topological polar surface area (TPSA) is 108 Å². The Kier molecular flexibility index (Phi) is 4.87. The highest BCUT2D eigenvalue weighted by Gasteiger charge is 2.23. The van der Waals surface area contributed by atoms with Crippen molar-refractivity contribution < 1.29 is 8.81 Å². The highest BCUT2D eigenvalue weighted by molar-refractivity contribution is 5.78. The lowest BCUT2D eigenvalue weighted by Gasteiger charge is -2.14. The Balaban J connectivity index is 1.31. The first-order valence-electron chi connectivity index (χ1n) is 10.1. The van der Waals surface area contributed by atoms with Gasteiger partial charge in [0.2, 0.25) is 5.95 Å². The smallest absolute Gasteiger partial charge is 0.408 e. The van der Waals surface area contributed by atoms with Crippen molar-refractivity contribution in [3.8, 4) is 0 Å². The molecule has 31 heavy (non-hydrogen) atoms. The van der Waals surface area contributed by atoms with Crippen molar-refractivity contribution in [1.82, 2.24) is 20.3 Å². The molecule has 9 heteroatoms. The number of benzene rings is 2. The molecule has 0 amide bonds. The number of aromatic nitrogens is 3. The maximum Gasteiger partial charge on any atom is 0.417 e. The van der Waals surface area contributed by atoms with E-state index in [-0.39, 0.29) is 11.8 Å². The fourth-order valence-electron chi connectivity index (χ4n) is 3.37. The molecule has 0 saturated heterocycles. The number of aromatic amines is 1. The molecule has 0 aliphatic heterocycles. The lowest BCUT2D eigenvalue weighted by molar-refractivity contribution is 0.555. The maximum atomic E-state index is 14.3. The van der Waals surface area contributed by atoms with E-state index >= 15 is 0 Å². The highest BCUT2D eigenvalue weighted by Crippen LogP contribution is 2.26. The molecule has 4 aromatic rings. The van der Waals surface area contributed by atoms with E-state index in [1.165, 1.54) is 18.4 Å². The van der Waals surface area contributed by atoms with Crippen LogP contribution in [0.3, 0.4) is 0 Å². The van der Waals surface area contributed by atoms with Gasteiger partial charge in [-0.25, -0.2) is 14.2 Å². The average Bonchev–Trinajstić information content (AvgIpc) is 3.49. The van der Waals surface area contributed by atoms with Gasteiger partial charge in [0.15, 0.2) is 17.2 Å². The minimum Gasteiger partial charge on any atom is -0.408 e. The van der Waals surface area contributed by atoms with Gasteiger partial charge in [0.1, 0.15) is 0 Å². The van der Waals surface area contributed by atoms with Gasteiger partial charge in [-0.3, -0.25) is 4.98 Å². The van der Waals surface area contributed by atoms with E-state index in [1.54, 1.807) is 18.2 Å². The van der Waals surface area contributed by atoms with Crippen molar-refractivity contribution in [1.29, 1.82) is 0 Å². The second kappa shape index (κ2) is 7.84. The van der Waals surface area contributed by atoms with Crippen LogP contribution in [0.5, 0.6) is 0 Å². The number of hydrogen-bond donors (Lipinski definition) is 4. The van der Waals surface area contributed by atoms with E-state index < -0.39 is 11.6 Å². The number of nitrogens with one attached hydrogen (secondary N) is 4. The molecular formula is C22H21FN6O2. The van der Waals surface area contributed by atoms with E-state index in [1.807, 2.05) is 24.3 Å². The SMILES string of the molecule is CC(NC1CC1)c1ccc(Nc2ncc(F)c(Nc3ccc4oc(=O)[nH]c4c3)n2)cc1. The minimum absolute atomic E-state index is 0.0153. The van der Waals surface area contributed by atoms with E-state index in [0.717, 1.165) is 11.9 Å². The number of fused-ring (bicyclic) bond motifs is 1. The summed E-state index contributed by atoms with van der Waals surface area (Å²) >= 11 is 0. The van der Waals surface area contributed by atoms with Crippen molar-refractivity contribution in [3.05, 3.63) is 70.6 Å². The van der Waals surface area contributed by atoms with Crippen LogP contribution in [-0.2, 0) is 0 Å². The summed E-state index contributed by atoms with van der Waals surface area (Å²) in [6.45, 7) is 2.15. The molecule has 1 atom stereocenters. The molecule has 0 bridgehead atoms. The minimum atomic E-state index is -0.596. The van der Waals surface area contributed by atoms with Gasteiger partial charge >= 0.3 is 5.76 Å². The molecule has 2 heterocycles. The van der Waals surface area contributed by atoms with Gasteiger partial charge in [-0.2, -0.15) is 4.98 Å². The van der Waals surface area contributed by atoms with Crippen LogP contribution < -0.4 is 21.7 Å². The van der Waals surface area contributed by atoms with Gasteiger partial charge in [0.05, 0.1) is 11.7 Å². The molecule has 4 N–H and O–H groups in total. The van der Waals surface area contributed by atoms with Crippen LogP contribution in [0.25, 0.3) is 11.1 Å². The van der Waals surface area contributed by atoms with Crippen LogP contribution in [0.4, 0.5) is 27.5 Å². The Bertz CT molecular complexity index is 1280. The molecule has 1 aliphatic rings. The number of anilines is 4. The molecule has 0 spiro atoms. The van der Waals surface area contributed by atoms with Crippen LogP contribution in [0, 0.1) is 5.82 Å². The Hall–Kier alpha value is -3.72. The predicted octanol–water partition coefficient (Wildman–Crippen LogP) is 4.35. The van der Waals surface area contributed by atoms with Crippen LogP contribution in [-0.4, -0.2) is 21.0 Å². The number of hydrogen-bond acceptors (Lipinski definition) is 7. The number of rotatable bonds is 7. The molecule has 0 radical (unpaired) electrons. The van der Waals surface area contributed by atoms with Crippen molar-refractivity contribution >= 4 is 34.2 Å². The second-order valence-electron chi connectivity index (χ2n) is 7.65. The summed E-state index contributed by atoms with van der Waals surface area (Å²) in [4.78, 5) is 22.1. The first-order valence-corrected chi connectivity index (χ1v) is 10.1. The Morgan fingerprint density at radius 3 is 2.68 bits per heavy atom. The predicted molar refractivity (Wildman–Crippen MR) is 116 cm³/mol. The van der Waals surface area contributed by atoms with Gasteiger partial charge in [0, 0.05) is 23.5 Å². The lowest BCUT2D eigenvalue weighted by atomic mass is 10.1. The summed E-state index contributed by atoms with van der Waals surface area (Å²) in [5, 5.41) is 9.58. The molecule has 2 aromatic heterocycles.